The maximum atomic E-state index is 13.2. The number of hydrogen-bond donors (Lipinski definition) is 3. The van der Waals surface area contributed by atoms with Crippen LogP contribution in [0, 0.1) is 0 Å². The fourth-order valence-electron chi connectivity index (χ4n) is 5.03. The summed E-state index contributed by atoms with van der Waals surface area (Å²) in [6, 6.07) is 12.2. The minimum Gasteiger partial charge on any atom is -0.497 e. The lowest BCUT2D eigenvalue weighted by atomic mass is 9.73. The van der Waals surface area contributed by atoms with Gasteiger partial charge >= 0.3 is 0 Å². The van der Waals surface area contributed by atoms with Crippen molar-refractivity contribution in [1.29, 1.82) is 0 Å². The second-order valence-corrected chi connectivity index (χ2v) is 8.32. The number of alkyl halides is 1. The van der Waals surface area contributed by atoms with E-state index in [4.69, 9.17) is 26.8 Å². The van der Waals surface area contributed by atoms with Gasteiger partial charge in [-0.25, -0.2) is 4.98 Å². The molecule has 3 atom stereocenters. The molecule has 8 heteroatoms. The van der Waals surface area contributed by atoms with Gasteiger partial charge in [0, 0.05) is 23.6 Å². The number of methoxy groups -OCH3 is 1. The minimum atomic E-state index is -1.79. The van der Waals surface area contributed by atoms with E-state index < -0.39 is 17.1 Å². The highest BCUT2D eigenvalue weighted by Gasteiger charge is 2.72. The first-order valence-electron chi connectivity index (χ1n) is 10.2. The van der Waals surface area contributed by atoms with Crippen LogP contribution in [0.25, 0.3) is 0 Å². The normalized spacial score (nSPS) is 24.9. The molecule has 32 heavy (non-hydrogen) atoms. The van der Waals surface area contributed by atoms with Crippen LogP contribution in [0.4, 0.5) is 5.69 Å². The van der Waals surface area contributed by atoms with Crippen molar-refractivity contribution in [2.24, 2.45) is 0 Å². The van der Waals surface area contributed by atoms with Crippen LogP contribution in [0.15, 0.2) is 59.9 Å². The summed E-state index contributed by atoms with van der Waals surface area (Å²) in [5, 5.41) is 12.5. The standard InChI is InChI=1S/C24H22ClN3O4/c1-3-4-19-27-21-20(22(29)28-19)17(12-25)24(13-5-7-14(26)8-6-13)23(21,30)16-11-15(31-2)9-10-18(16)32-24/h3,5-11,17,30H,1,4,12,26H2,2H3,(H,27,28,29). The van der Waals surface area contributed by atoms with E-state index in [1.165, 1.54) is 0 Å². The lowest BCUT2D eigenvalue weighted by Crippen LogP contribution is -2.49. The summed E-state index contributed by atoms with van der Waals surface area (Å²) >= 11 is 6.47. The zero-order chi connectivity index (χ0) is 22.7. The summed E-state index contributed by atoms with van der Waals surface area (Å²) in [4.78, 5) is 20.7. The third-order valence-electron chi connectivity index (χ3n) is 6.40. The molecule has 0 saturated heterocycles. The Labute approximate surface area is 189 Å². The SMILES string of the molecule is C=CCc1nc2c(c(=O)[nH]1)C(CCl)C1(c3ccc(N)cc3)Oc3ccc(OC)cc3C21O. The van der Waals surface area contributed by atoms with Gasteiger partial charge in [0.05, 0.1) is 24.3 Å². The highest BCUT2D eigenvalue weighted by Crippen LogP contribution is 2.66. The van der Waals surface area contributed by atoms with Crippen LogP contribution in [0.1, 0.15) is 34.1 Å². The molecule has 0 saturated carbocycles. The number of nitrogen functional groups attached to an aromatic ring is 1. The molecule has 5 rings (SSSR count). The Kier molecular flexibility index (Phi) is 4.58. The molecule has 2 aromatic carbocycles. The third-order valence-corrected chi connectivity index (χ3v) is 6.71. The van der Waals surface area contributed by atoms with E-state index in [1.807, 2.05) is 0 Å². The number of fused-ring (bicyclic) bond motifs is 5. The van der Waals surface area contributed by atoms with Gasteiger partial charge in [-0.1, -0.05) is 18.2 Å². The van der Waals surface area contributed by atoms with Gasteiger partial charge in [0.1, 0.15) is 17.3 Å². The summed E-state index contributed by atoms with van der Waals surface area (Å²) in [6.45, 7) is 3.72. The van der Waals surface area contributed by atoms with Crippen molar-refractivity contribution >= 4 is 17.3 Å². The average Bonchev–Trinajstić information content (AvgIpc) is 3.17. The second kappa shape index (κ2) is 7.12. The van der Waals surface area contributed by atoms with Crippen LogP contribution < -0.4 is 20.8 Å². The van der Waals surface area contributed by atoms with Gasteiger partial charge in [0.2, 0.25) is 0 Å². The molecule has 1 aromatic heterocycles. The zero-order valence-corrected chi connectivity index (χ0v) is 18.1. The van der Waals surface area contributed by atoms with E-state index in [1.54, 1.807) is 55.7 Å². The van der Waals surface area contributed by atoms with E-state index in [9.17, 15) is 9.90 Å². The number of nitrogens with one attached hydrogen (secondary N) is 1. The van der Waals surface area contributed by atoms with Crippen molar-refractivity contribution < 1.29 is 14.6 Å². The monoisotopic (exact) mass is 451 g/mol. The highest BCUT2D eigenvalue weighted by atomic mass is 35.5. The van der Waals surface area contributed by atoms with Gasteiger partial charge < -0.3 is 25.3 Å². The van der Waals surface area contributed by atoms with Crippen molar-refractivity contribution in [3.63, 3.8) is 0 Å². The number of hydrogen-bond acceptors (Lipinski definition) is 6. The Hall–Kier alpha value is -3.29. The van der Waals surface area contributed by atoms with Crippen molar-refractivity contribution in [2.75, 3.05) is 18.7 Å². The first-order valence-corrected chi connectivity index (χ1v) is 10.7. The molecule has 3 unspecified atom stereocenters. The number of H-pyrrole nitrogens is 1. The van der Waals surface area contributed by atoms with Crippen LogP contribution >= 0.6 is 11.6 Å². The minimum absolute atomic E-state index is 0.0242. The van der Waals surface area contributed by atoms with Gasteiger partial charge in [-0.05, 0) is 35.9 Å². The lowest BCUT2D eigenvalue weighted by molar-refractivity contribution is -0.0933. The number of ether oxygens (including phenoxy) is 2. The van der Waals surface area contributed by atoms with Crippen molar-refractivity contribution in [3.05, 3.63) is 93.7 Å². The summed E-state index contributed by atoms with van der Waals surface area (Å²) in [7, 11) is 1.55. The highest BCUT2D eigenvalue weighted by molar-refractivity contribution is 6.18. The molecule has 0 fully saturated rings. The Morgan fingerprint density at radius 1 is 1.34 bits per heavy atom. The molecule has 2 aliphatic rings. The summed E-state index contributed by atoms with van der Waals surface area (Å²) in [6.07, 6.45) is 1.98. The Bertz CT molecular complexity index is 1290. The molecule has 3 aromatic rings. The van der Waals surface area contributed by atoms with Crippen molar-refractivity contribution in [1.82, 2.24) is 9.97 Å². The Morgan fingerprint density at radius 3 is 2.75 bits per heavy atom. The zero-order valence-electron chi connectivity index (χ0n) is 17.4. The smallest absolute Gasteiger partial charge is 0.254 e. The molecular formula is C24H22ClN3O4. The molecule has 164 valence electrons. The number of allylic oxidation sites excluding steroid dienone is 1. The number of rotatable bonds is 5. The predicted molar refractivity (Wildman–Crippen MR) is 121 cm³/mol. The maximum absolute atomic E-state index is 13.2. The quantitative estimate of drug-likeness (QED) is 0.312. The fraction of sp³-hybridized carbons (Fsp3) is 0.250. The number of nitrogens with zero attached hydrogens (tertiary/aromatic N) is 1. The third kappa shape index (κ3) is 2.46. The van der Waals surface area contributed by atoms with E-state index in [2.05, 4.69) is 16.5 Å². The summed E-state index contributed by atoms with van der Waals surface area (Å²) < 4.78 is 11.9. The van der Waals surface area contributed by atoms with E-state index >= 15 is 0 Å². The topological polar surface area (TPSA) is 110 Å². The number of anilines is 1. The van der Waals surface area contributed by atoms with Crippen LogP contribution in [0.5, 0.6) is 11.5 Å². The number of nitrogens with two attached hydrogens (primary N) is 1. The number of aromatic nitrogens is 2. The van der Waals surface area contributed by atoms with Crippen LogP contribution in [-0.2, 0) is 17.6 Å². The largest absolute Gasteiger partial charge is 0.497 e. The first kappa shape index (κ1) is 20.6. The molecule has 7 nitrogen and oxygen atoms in total. The van der Waals surface area contributed by atoms with Gasteiger partial charge in [0.25, 0.3) is 5.56 Å². The van der Waals surface area contributed by atoms with E-state index in [0.29, 0.717) is 46.1 Å². The molecule has 4 N–H and O–H groups in total. The van der Waals surface area contributed by atoms with Gasteiger partial charge in [-0.3, -0.25) is 4.79 Å². The molecule has 1 aliphatic heterocycles. The average molecular weight is 452 g/mol. The van der Waals surface area contributed by atoms with Gasteiger partial charge in [-0.15, -0.1) is 18.2 Å². The first-order chi connectivity index (χ1) is 15.4. The lowest BCUT2D eigenvalue weighted by Gasteiger charge is -2.39. The molecule has 0 spiro atoms. The number of benzene rings is 2. The predicted octanol–water partition coefficient (Wildman–Crippen LogP) is 2.95. The fourth-order valence-corrected chi connectivity index (χ4v) is 5.40. The summed E-state index contributed by atoms with van der Waals surface area (Å²) in [5.74, 6) is 0.755. The molecule has 1 aliphatic carbocycles. The molecule has 0 radical (unpaired) electrons. The number of aromatic amines is 1. The maximum Gasteiger partial charge on any atom is 0.254 e. The molecule has 0 bridgehead atoms. The van der Waals surface area contributed by atoms with E-state index in [0.717, 1.165) is 0 Å². The van der Waals surface area contributed by atoms with Crippen LogP contribution in [0.3, 0.4) is 0 Å². The Morgan fingerprint density at radius 2 is 2.09 bits per heavy atom. The molecule has 0 amide bonds. The summed E-state index contributed by atoms with van der Waals surface area (Å²) in [5.41, 5.74) is 4.57. The van der Waals surface area contributed by atoms with Crippen LogP contribution in [0.2, 0.25) is 0 Å². The van der Waals surface area contributed by atoms with Crippen molar-refractivity contribution in [3.8, 4) is 11.5 Å². The van der Waals surface area contributed by atoms with Crippen molar-refractivity contribution in [2.45, 2.75) is 23.5 Å². The number of aliphatic hydroxyl groups is 1. The molecule has 2 heterocycles. The van der Waals surface area contributed by atoms with Gasteiger partial charge in [0.15, 0.2) is 11.2 Å². The van der Waals surface area contributed by atoms with Crippen LogP contribution in [-0.4, -0.2) is 28.1 Å². The molecular weight excluding hydrogens is 430 g/mol. The van der Waals surface area contributed by atoms with E-state index in [-0.39, 0.29) is 17.1 Å². The number of halogens is 1. The second-order valence-electron chi connectivity index (χ2n) is 8.01. The van der Waals surface area contributed by atoms with Gasteiger partial charge in [-0.2, -0.15) is 0 Å². The Balaban J connectivity index is 1.90.